The van der Waals surface area contributed by atoms with Crippen molar-refractivity contribution in [1.29, 1.82) is 0 Å². The van der Waals surface area contributed by atoms with E-state index in [2.05, 4.69) is 10.5 Å². The van der Waals surface area contributed by atoms with E-state index in [1.54, 1.807) is 13.0 Å². The molecule has 4 N–H and O–H groups in total. The molecule has 0 aliphatic heterocycles. The third-order valence-corrected chi connectivity index (χ3v) is 5.58. The molecule has 0 spiro atoms. The molecule has 0 aliphatic carbocycles. The number of nitrogens with two attached hydrogens (primary N) is 1. The zero-order valence-electron chi connectivity index (χ0n) is 18.2. The summed E-state index contributed by atoms with van der Waals surface area (Å²) in [6.45, 7) is 5.74. The molecule has 0 bridgehead atoms. The summed E-state index contributed by atoms with van der Waals surface area (Å²) in [4.78, 5) is 13.2. The van der Waals surface area contributed by atoms with E-state index in [0.717, 1.165) is 16.7 Å². The van der Waals surface area contributed by atoms with Crippen LogP contribution in [-0.4, -0.2) is 11.0 Å². The highest BCUT2D eigenvalue weighted by Gasteiger charge is 2.19. The molecule has 0 amide bonds. The van der Waals surface area contributed by atoms with Crippen LogP contribution in [0.1, 0.15) is 35.2 Å². The first-order valence-electron chi connectivity index (χ1n) is 10.4. The van der Waals surface area contributed by atoms with Gasteiger partial charge in [0.1, 0.15) is 11.3 Å². The number of nitrogens with zero attached hydrogens (tertiary/aromatic N) is 1. The number of rotatable bonds is 5. The van der Waals surface area contributed by atoms with Crippen molar-refractivity contribution in [3.8, 4) is 11.3 Å². The molecule has 1 aromatic heterocycles. The highest BCUT2D eigenvalue weighted by atomic mass is 16.4. The van der Waals surface area contributed by atoms with Crippen LogP contribution in [-0.2, 0) is 0 Å². The highest BCUT2D eigenvalue weighted by molar-refractivity contribution is 6.02. The van der Waals surface area contributed by atoms with Gasteiger partial charge in [0, 0.05) is 27.9 Å². The summed E-state index contributed by atoms with van der Waals surface area (Å²) in [5.41, 5.74) is 10.9. The van der Waals surface area contributed by atoms with E-state index >= 15 is 0 Å². The Morgan fingerprint density at radius 1 is 1.06 bits per heavy atom. The fourth-order valence-electron chi connectivity index (χ4n) is 3.95. The monoisotopic (exact) mass is 427 g/mol. The number of nitrogens with one attached hydrogen (secondary N) is 1. The van der Waals surface area contributed by atoms with Crippen molar-refractivity contribution in [3.05, 3.63) is 99.2 Å². The van der Waals surface area contributed by atoms with E-state index in [9.17, 15) is 4.79 Å². The number of amidine groups is 1. The van der Waals surface area contributed by atoms with Crippen molar-refractivity contribution < 1.29 is 9.62 Å². The maximum atomic E-state index is 13.2. The smallest absolute Gasteiger partial charge is 0.196 e. The summed E-state index contributed by atoms with van der Waals surface area (Å²) < 4.78 is 6.37. The summed E-state index contributed by atoms with van der Waals surface area (Å²) in [6, 6.07) is 20.6. The van der Waals surface area contributed by atoms with E-state index < -0.39 is 0 Å². The second kappa shape index (κ2) is 8.59. The first-order chi connectivity index (χ1) is 15.4. The molecule has 0 unspecified atom stereocenters. The zero-order valence-corrected chi connectivity index (χ0v) is 18.2. The van der Waals surface area contributed by atoms with Crippen LogP contribution in [0.3, 0.4) is 0 Å². The fraction of sp³-hybridized carbons (Fsp3) is 0.154. The molecule has 4 aromatic rings. The van der Waals surface area contributed by atoms with Crippen LogP contribution in [0.25, 0.3) is 22.3 Å². The standard InChI is InChI=1S/C26H25N3O3/c1-15-13-20(17(3)28-22-12-8-7-11-19(22)26(27)29-31)25-21(14-15)23(30)16(2)24(32-25)18-9-5-4-6-10-18/h4-14,17,28,31H,1-3H3,(H2,27,29)/t17-/m1/s1. The van der Waals surface area contributed by atoms with Gasteiger partial charge in [0.2, 0.25) is 0 Å². The van der Waals surface area contributed by atoms with Crippen molar-refractivity contribution in [2.75, 3.05) is 5.32 Å². The van der Waals surface area contributed by atoms with Crippen molar-refractivity contribution in [2.24, 2.45) is 10.9 Å². The minimum Gasteiger partial charge on any atom is -0.455 e. The predicted molar refractivity (Wildman–Crippen MR) is 128 cm³/mol. The number of aryl methyl sites for hydroxylation is 1. The quantitative estimate of drug-likeness (QED) is 0.173. The van der Waals surface area contributed by atoms with E-state index in [1.165, 1.54) is 0 Å². The maximum Gasteiger partial charge on any atom is 0.196 e. The van der Waals surface area contributed by atoms with Crippen LogP contribution in [0, 0.1) is 13.8 Å². The van der Waals surface area contributed by atoms with Crippen molar-refractivity contribution in [2.45, 2.75) is 26.8 Å². The molecule has 32 heavy (non-hydrogen) atoms. The van der Waals surface area contributed by atoms with Crippen LogP contribution < -0.4 is 16.5 Å². The largest absolute Gasteiger partial charge is 0.455 e. The molecule has 0 saturated heterocycles. The minimum absolute atomic E-state index is 0.0166. The van der Waals surface area contributed by atoms with Gasteiger partial charge >= 0.3 is 0 Å². The molecule has 6 nitrogen and oxygen atoms in total. The molecular weight excluding hydrogens is 402 g/mol. The zero-order chi connectivity index (χ0) is 22.8. The Morgan fingerprint density at radius 2 is 1.75 bits per heavy atom. The van der Waals surface area contributed by atoms with Gasteiger partial charge in [-0.15, -0.1) is 0 Å². The molecule has 162 valence electrons. The number of hydrogen-bond acceptors (Lipinski definition) is 5. The molecule has 0 radical (unpaired) electrons. The molecule has 0 aliphatic rings. The third-order valence-electron chi connectivity index (χ3n) is 5.58. The van der Waals surface area contributed by atoms with Gasteiger partial charge in [0.25, 0.3) is 0 Å². The number of fused-ring (bicyclic) bond motifs is 1. The summed E-state index contributed by atoms with van der Waals surface area (Å²) in [5.74, 6) is 0.584. The number of oxime groups is 1. The molecule has 4 rings (SSSR count). The van der Waals surface area contributed by atoms with Crippen LogP contribution in [0.5, 0.6) is 0 Å². The van der Waals surface area contributed by atoms with Crippen LogP contribution >= 0.6 is 0 Å². The van der Waals surface area contributed by atoms with Gasteiger partial charge in [-0.25, -0.2) is 0 Å². The maximum absolute atomic E-state index is 13.2. The Balaban J connectivity index is 1.88. The van der Waals surface area contributed by atoms with Gasteiger partial charge < -0.3 is 20.7 Å². The first-order valence-corrected chi connectivity index (χ1v) is 10.4. The lowest BCUT2D eigenvalue weighted by molar-refractivity contribution is 0.318. The Kier molecular flexibility index (Phi) is 5.69. The van der Waals surface area contributed by atoms with Gasteiger partial charge in [-0.05, 0) is 44.5 Å². The van der Waals surface area contributed by atoms with Crippen molar-refractivity contribution in [3.63, 3.8) is 0 Å². The highest BCUT2D eigenvalue weighted by Crippen LogP contribution is 2.32. The van der Waals surface area contributed by atoms with Crippen molar-refractivity contribution in [1.82, 2.24) is 0 Å². The van der Waals surface area contributed by atoms with Crippen LogP contribution in [0.2, 0.25) is 0 Å². The Morgan fingerprint density at radius 3 is 2.47 bits per heavy atom. The van der Waals surface area contributed by atoms with E-state index in [4.69, 9.17) is 15.4 Å². The second-order valence-electron chi connectivity index (χ2n) is 7.88. The molecule has 6 heteroatoms. The molecular formula is C26H25N3O3. The normalized spacial score (nSPS) is 12.7. The number of anilines is 1. The van der Waals surface area contributed by atoms with E-state index in [0.29, 0.717) is 33.5 Å². The van der Waals surface area contributed by atoms with Gasteiger partial charge in [0.05, 0.1) is 11.4 Å². The fourth-order valence-corrected chi connectivity index (χ4v) is 3.95. The van der Waals surface area contributed by atoms with E-state index in [-0.39, 0.29) is 17.3 Å². The second-order valence-corrected chi connectivity index (χ2v) is 7.88. The summed E-state index contributed by atoms with van der Waals surface area (Å²) in [6.07, 6.45) is 0. The Bertz CT molecular complexity index is 1370. The van der Waals surface area contributed by atoms with Crippen LogP contribution in [0.4, 0.5) is 5.69 Å². The third kappa shape index (κ3) is 3.83. The van der Waals surface area contributed by atoms with E-state index in [1.807, 2.05) is 74.5 Å². The lowest BCUT2D eigenvalue weighted by Gasteiger charge is -2.20. The molecule has 1 atom stereocenters. The average molecular weight is 428 g/mol. The first kappa shape index (κ1) is 21.2. The molecule has 0 fully saturated rings. The summed E-state index contributed by atoms with van der Waals surface area (Å²) >= 11 is 0. The summed E-state index contributed by atoms with van der Waals surface area (Å²) in [7, 11) is 0. The molecule has 0 saturated carbocycles. The van der Waals surface area contributed by atoms with Gasteiger partial charge in [-0.2, -0.15) is 0 Å². The number of para-hydroxylation sites is 1. The lowest BCUT2D eigenvalue weighted by atomic mass is 9.98. The number of benzene rings is 3. The lowest BCUT2D eigenvalue weighted by Crippen LogP contribution is -2.18. The minimum atomic E-state index is -0.223. The van der Waals surface area contributed by atoms with Gasteiger partial charge in [0.15, 0.2) is 11.3 Å². The van der Waals surface area contributed by atoms with Crippen LogP contribution in [0.15, 0.2) is 81.1 Å². The summed E-state index contributed by atoms with van der Waals surface area (Å²) in [5, 5.41) is 16.2. The molecule has 3 aromatic carbocycles. The van der Waals surface area contributed by atoms with Crippen molar-refractivity contribution >= 4 is 22.5 Å². The number of hydrogen-bond donors (Lipinski definition) is 3. The van der Waals surface area contributed by atoms with Gasteiger partial charge in [-0.3, -0.25) is 4.79 Å². The Labute approximate surface area is 186 Å². The topological polar surface area (TPSA) is 101 Å². The Hall–Kier alpha value is -4.06. The van der Waals surface area contributed by atoms with Gasteiger partial charge in [-0.1, -0.05) is 53.7 Å². The predicted octanol–water partition coefficient (Wildman–Crippen LogP) is 5.34. The molecule has 1 heterocycles. The average Bonchev–Trinajstić information content (AvgIpc) is 2.81. The SMILES string of the molecule is Cc1cc([C@@H](C)Nc2ccccc2C(N)=NO)c2oc(-c3ccccc3)c(C)c(=O)c2c1.